The molecule has 0 fully saturated rings. The summed E-state index contributed by atoms with van der Waals surface area (Å²) < 4.78 is 24.2. The lowest BCUT2D eigenvalue weighted by Gasteiger charge is -2.03. The third kappa shape index (κ3) is 5.34. The van der Waals surface area contributed by atoms with Gasteiger partial charge in [0.05, 0.1) is 6.42 Å². The fourth-order valence-electron chi connectivity index (χ4n) is 2.32. The smallest absolute Gasteiger partial charge is 0.306 e. The molecule has 0 unspecified atom stereocenters. The predicted octanol–water partition coefficient (Wildman–Crippen LogP) is 4.95. The van der Waals surface area contributed by atoms with Crippen LogP contribution in [0.2, 0.25) is 0 Å². The highest BCUT2D eigenvalue weighted by Gasteiger charge is 2.12. The van der Waals surface area contributed by atoms with Crippen molar-refractivity contribution in [2.75, 3.05) is 0 Å². The summed E-state index contributed by atoms with van der Waals surface area (Å²) in [5, 5.41) is 0. The monoisotopic (exact) mass is 431 g/mol. The van der Waals surface area contributed by atoms with E-state index < -0.39 is 5.97 Å². The number of hydrogen-bond donors (Lipinski definition) is 0. The van der Waals surface area contributed by atoms with E-state index in [1.165, 1.54) is 18.4 Å². The van der Waals surface area contributed by atoms with Gasteiger partial charge in [0.1, 0.15) is 24.4 Å². The minimum Gasteiger partial charge on any atom is -0.459 e. The first-order chi connectivity index (χ1) is 13.0. The quantitative estimate of drug-likeness (QED) is 0.391. The maximum absolute atomic E-state index is 12.9. The summed E-state index contributed by atoms with van der Waals surface area (Å²) in [6.45, 7) is -0.0595. The van der Waals surface area contributed by atoms with Crippen molar-refractivity contribution in [1.29, 1.82) is 0 Å². The number of ether oxygens (including phenoxy) is 1. The Hall–Kier alpha value is -2.80. The Bertz CT molecular complexity index is 935. The molecule has 0 bridgehead atoms. The van der Waals surface area contributed by atoms with Gasteiger partial charge in [0.2, 0.25) is 5.89 Å². The fraction of sp³-hybridized carbons (Fsp3) is 0.150. The molecule has 3 rings (SSSR count). The van der Waals surface area contributed by atoms with Crippen LogP contribution >= 0.6 is 15.9 Å². The maximum atomic E-state index is 12.9. The lowest BCUT2D eigenvalue weighted by atomic mass is 10.1. The number of carbonyl (C=O) groups is 2. The Balaban J connectivity index is 1.47. The number of nitrogens with zero attached hydrogens (tertiary/aromatic N) is 1. The molecule has 2 aromatic carbocycles. The number of rotatable bonds is 7. The Morgan fingerprint density at radius 3 is 2.44 bits per heavy atom. The first-order valence-corrected chi connectivity index (χ1v) is 8.95. The molecule has 0 N–H and O–H groups in total. The van der Waals surface area contributed by atoms with Crippen molar-refractivity contribution in [1.82, 2.24) is 4.98 Å². The van der Waals surface area contributed by atoms with Crippen LogP contribution in [0.5, 0.6) is 0 Å². The van der Waals surface area contributed by atoms with Gasteiger partial charge < -0.3 is 9.15 Å². The molecule has 0 radical (unpaired) electrons. The van der Waals surface area contributed by atoms with E-state index in [2.05, 4.69) is 20.9 Å². The van der Waals surface area contributed by atoms with E-state index in [-0.39, 0.29) is 31.0 Å². The van der Waals surface area contributed by atoms with Crippen molar-refractivity contribution in [3.8, 4) is 11.5 Å². The summed E-state index contributed by atoms with van der Waals surface area (Å²) in [6.07, 6.45) is 1.43. The van der Waals surface area contributed by atoms with Crippen LogP contribution in [0.3, 0.4) is 0 Å². The van der Waals surface area contributed by atoms with E-state index in [0.29, 0.717) is 22.7 Å². The number of benzene rings is 2. The van der Waals surface area contributed by atoms with Crippen LogP contribution in [0.4, 0.5) is 4.39 Å². The zero-order valence-corrected chi connectivity index (χ0v) is 15.7. The van der Waals surface area contributed by atoms with Crippen molar-refractivity contribution < 1.29 is 23.1 Å². The van der Waals surface area contributed by atoms with Gasteiger partial charge in [-0.3, -0.25) is 9.59 Å². The van der Waals surface area contributed by atoms with E-state index in [1.54, 1.807) is 36.4 Å². The highest BCUT2D eigenvalue weighted by Crippen LogP contribution is 2.19. The second-order valence-corrected chi connectivity index (χ2v) is 6.66. The van der Waals surface area contributed by atoms with Gasteiger partial charge >= 0.3 is 5.97 Å². The van der Waals surface area contributed by atoms with Gasteiger partial charge in [-0.05, 0) is 36.4 Å². The van der Waals surface area contributed by atoms with Gasteiger partial charge in [-0.15, -0.1) is 0 Å². The van der Waals surface area contributed by atoms with Gasteiger partial charge in [-0.2, -0.15) is 0 Å². The van der Waals surface area contributed by atoms with E-state index in [1.807, 2.05) is 0 Å². The fourth-order valence-corrected chi connectivity index (χ4v) is 2.58. The number of Topliss-reactive ketones (excluding diaryl/α,β-unsaturated/α-hetero) is 1. The van der Waals surface area contributed by atoms with Crippen molar-refractivity contribution >= 4 is 27.7 Å². The average Bonchev–Trinajstić information content (AvgIpc) is 3.14. The molecule has 5 nitrogen and oxygen atoms in total. The summed E-state index contributed by atoms with van der Waals surface area (Å²) in [5.74, 6) is -0.658. The number of carbonyl (C=O) groups excluding carboxylic acids is 2. The minimum atomic E-state index is -0.494. The van der Waals surface area contributed by atoms with Crippen LogP contribution in [-0.2, 0) is 16.1 Å². The summed E-state index contributed by atoms with van der Waals surface area (Å²) >= 11 is 3.30. The molecule has 1 aromatic heterocycles. The zero-order chi connectivity index (χ0) is 19.2. The SMILES string of the molecule is O=C(CCC(=O)c1ccc(Br)cc1)OCc1coc(-c2ccc(F)cc2)n1. The molecule has 0 spiro atoms. The molecule has 0 amide bonds. The molecule has 1 heterocycles. The standard InChI is InChI=1S/C20H15BrFNO4/c21-15-5-1-13(2-6-15)18(24)9-10-19(25)26-11-17-12-27-20(23-17)14-3-7-16(22)8-4-14/h1-8,12H,9-11H2. The highest BCUT2D eigenvalue weighted by atomic mass is 79.9. The summed E-state index contributed by atoms with van der Waals surface area (Å²) in [5.41, 5.74) is 1.60. The Morgan fingerprint density at radius 2 is 1.74 bits per heavy atom. The maximum Gasteiger partial charge on any atom is 0.306 e. The molecular formula is C20H15BrFNO4. The van der Waals surface area contributed by atoms with E-state index in [0.717, 1.165) is 4.47 Å². The van der Waals surface area contributed by atoms with Crippen LogP contribution in [0.25, 0.3) is 11.5 Å². The summed E-state index contributed by atoms with van der Waals surface area (Å²) in [7, 11) is 0. The topological polar surface area (TPSA) is 69.4 Å². The van der Waals surface area contributed by atoms with Gasteiger partial charge in [0.15, 0.2) is 5.78 Å². The van der Waals surface area contributed by atoms with Gasteiger partial charge in [-0.1, -0.05) is 28.1 Å². The predicted molar refractivity (Wildman–Crippen MR) is 99.4 cm³/mol. The van der Waals surface area contributed by atoms with Gasteiger partial charge in [0, 0.05) is 22.0 Å². The number of hydrogen-bond acceptors (Lipinski definition) is 5. The Kier molecular flexibility index (Phi) is 6.13. The third-order valence-electron chi connectivity index (χ3n) is 3.75. The second kappa shape index (κ2) is 8.73. The lowest BCUT2D eigenvalue weighted by Crippen LogP contribution is -2.08. The normalized spacial score (nSPS) is 10.6. The number of esters is 1. The largest absolute Gasteiger partial charge is 0.459 e. The van der Waals surface area contributed by atoms with Crippen LogP contribution in [0, 0.1) is 5.82 Å². The van der Waals surface area contributed by atoms with Crippen molar-refractivity contribution in [2.24, 2.45) is 0 Å². The first kappa shape index (κ1) is 19.0. The van der Waals surface area contributed by atoms with Crippen molar-refractivity contribution in [3.63, 3.8) is 0 Å². The van der Waals surface area contributed by atoms with Crippen molar-refractivity contribution in [3.05, 3.63) is 76.3 Å². The third-order valence-corrected chi connectivity index (χ3v) is 4.28. The van der Waals surface area contributed by atoms with Gasteiger partial charge in [0.25, 0.3) is 0 Å². The van der Waals surface area contributed by atoms with Crippen LogP contribution in [-0.4, -0.2) is 16.7 Å². The second-order valence-electron chi connectivity index (χ2n) is 5.74. The highest BCUT2D eigenvalue weighted by molar-refractivity contribution is 9.10. The Morgan fingerprint density at radius 1 is 1.04 bits per heavy atom. The molecular weight excluding hydrogens is 417 g/mol. The first-order valence-electron chi connectivity index (χ1n) is 8.16. The molecule has 7 heteroatoms. The number of oxazole rings is 1. The van der Waals surface area contributed by atoms with E-state index in [4.69, 9.17) is 9.15 Å². The molecule has 0 atom stereocenters. The lowest BCUT2D eigenvalue weighted by molar-refractivity contribution is -0.145. The molecule has 0 aliphatic rings. The molecule has 27 heavy (non-hydrogen) atoms. The molecule has 0 aliphatic heterocycles. The molecule has 0 saturated heterocycles. The van der Waals surface area contributed by atoms with E-state index in [9.17, 15) is 14.0 Å². The summed E-state index contributed by atoms with van der Waals surface area (Å²) in [4.78, 5) is 28.1. The molecule has 3 aromatic rings. The summed E-state index contributed by atoms with van der Waals surface area (Å²) in [6, 6.07) is 12.6. The number of ketones is 1. The number of halogens is 2. The minimum absolute atomic E-state index is 0.0163. The van der Waals surface area contributed by atoms with Crippen molar-refractivity contribution in [2.45, 2.75) is 19.4 Å². The van der Waals surface area contributed by atoms with Crippen LogP contribution < -0.4 is 0 Å². The van der Waals surface area contributed by atoms with Crippen LogP contribution in [0.1, 0.15) is 28.9 Å². The Labute approximate surface area is 163 Å². The average molecular weight is 432 g/mol. The number of aromatic nitrogens is 1. The zero-order valence-electron chi connectivity index (χ0n) is 14.2. The van der Waals surface area contributed by atoms with E-state index >= 15 is 0 Å². The van der Waals surface area contributed by atoms with Gasteiger partial charge in [-0.25, -0.2) is 9.37 Å². The molecule has 0 aliphatic carbocycles. The molecule has 0 saturated carbocycles. The molecule has 138 valence electrons. The van der Waals surface area contributed by atoms with Crippen LogP contribution in [0.15, 0.2) is 63.7 Å².